The van der Waals surface area contributed by atoms with Crippen LogP contribution in [0.4, 0.5) is 0 Å². The molecule has 102 valence electrons. The zero-order valence-electron chi connectivity index (χ0n) is 11.1. The van der Waals surface area contributed by atoms with E-state index in [0.717, 1.165) is 29.9 Å². The third kappa shape index (κ3) is 4.58. The van der Waals surface area contributed by atoms with Gasteiger partial charge in [-0.05, 0) is 36.2 Å². The number of hydrogen-bond acceptors (Lipinski definition) is 2. The molecule has 0 spiro atoms. The van der Waals surface area contributed by atoms with Gasteiger partial charge < -0.3 is 10.5 Å². The second-order valence-electron chi connectivity index (χ2n) is 4.38. The number of hydrogen-bond donors (Lipinski definition) is 1. The Balaban J connectivity index is 0.00000180. The van der Waals surface area contributed by atoms with Crippen LogP contribution in [0, 0.1) is 0 Å². The van der Waals surface area contributed by atoms with E-state index < -0.39 is 0 Å². The number of ether oxygens (including phenoxy) is 1. The van der Waals surface area contributed by atoms with E-state index >= 15 is 0 Å². The molecule has 2 aromatic rings. The number of halogens is 1. The van der Waals surface area contributed by atoms with Crippen molar-refractivity contribution in [2.45, 2.75) is 25.8 Å². The Kier molecular flexibility index (Phi) is 6.40. The molecule has 2 aromatic carbocycles. The van der Waals surface area contributed by atoms with Crippen molar-refractivity contribution in [3.63, 3.8) is 0 Å². The molecule has 0 aliphatic carbocycles. The Morgan fingerprint density at radius 3 is 2.11 bits per heavy atom. The summed E-state index contributed by atoms with van der Waals surface area (Å²) >= 11 is 0. The van der Waals surface area contributed by atoms with E-state index in [1.807, 2.05) is 54.6 Å². The van der Waals surface area contributed by atoms with Gasteiger partial charge in [-0.25, -0.2) is 0 Å². The van der Waals surface area contributed by atoms with Gasteiger partial charge in [-0.1, -0.05) is 43.7 Å². The smallest absolute Gasteiger partial charge is 0.127 e. The first-order valence-corrected chi connectivity index (χ1v) is 6.38. The average Bonchev–Trinajstić information content (AvgIpc) is 2.41. The van der Waals surface area contributed by atoms with E-state index in [1.54, 1.807) is 0 Å². The first kappa shape index (κ1) is 15.5. The Morgan fingerprint density at radius 1 is 0.947 bits per heavy atom. The zero-order valence-corrected chi connectivity index (χ0v) is 11.9. The Labute approximate surface area is 121 Å². The maximum atomic E-state index is 6.07. The lowest BCUT2D eigenvalue weighted by Gasteiger charge is -2.11. The summed E-state index contributed by atoms with van der Waals surface area (Å²) in [6.45, 7) is 2.15. The summed E-state index contributed by atoms with van der Waals surface area (Å²) in [5, 5.41) is 0. The molecule has 0 aromatic heterocycles. The predicted molar refractivity (Wildman–Crippen MR) is 82.0 cm³/mol. The number of nitrogens with two attached hydrogens (primary N) is 1. The molecule has 0 amide bonds. The topological polar surface area (TPSA) is 35.2 Å². The summed E-state index contributed by atoms with van der Waals surface area (Å²) in [6, 6.07) is 17.9. The summed E-state index contributed by atoms with van der Waals surface area (Å²) in [4.78, 5) is 0. The van der Waals surface area contributed by atoms with E-state index in [-0.39, 0.29) is 18.4 Å². The normalized spacial score (nSPS) is 11.5. The fourth-order valence-corrected chi connectivity index (χ4v) is 1.89. The van der Waals surface area contributed by atoms with Gasteiger partial charge in [0.2, 0.25) is 0 Å². The number of para-hydroxylation sites is 1. The van der Waals surface area contributed by atoms with Crippen LogP contribution >= 0.6 is 12.4 Å². The van der Waals surface area contributed by atoms with E-state index in [9.17, 15) is 0 Å². The monoisotopic (exact) mass is 277 g/mol. The number of rotatable bonds is 5. The average molecular weight is 278 g/mol. The maximum absolute atomic E-state index is 6.07. The lowest BCUT2D eigenvalue weighted by atomic mass is 10.0. The van der Waals surface area contributed by atoms with E-state index in [4.69, 9.17) is 10.5 Å². The minimum Gasteiger partial charge on any atom is -0.457 e. The second-order valence-corrected chi connectivity index (χ2v) is 4.38. The summed E-state index contributed by atoms with van der Waals surface area (Å²) in [7, 11) is 0. The van der Waals surface area contributed by atoms with Crippen LogP contribution in [0.3, 0.4) is 0 Å². The van der Waals surface area contributed by atoms with Crippen molar-refractivity contribution in [2.24, 2.45) is 5.73 Å². The largest absolute Gasteiger partial charge is 0.457 e. The van der Waals surface area contributed by atoms with Crippen molar-refractivity contribution < 1.29 is 4.74 Å². The third-order valence-electron chi connectivity index (χ3n) is 2.89. The molecule has 2 nitrogen and oxygen atoms in total. The molecule has 3 heteroatoms. The predicted octanol–water partition coefficient (Wildman–Crippen LogP) is 4.70. The van der Waals surface area contributed by atoms with Crippen molar-refractivity contribution in [1.29, 1.82) is 0 Å². The van der Waals surface area contributed by atoms with Crippen LogP contribution in [-0.2, 0) is 0 Å². The first-order valence-electron chi connectivity index (χ1n) is 6.38. The molecule has 0 bridgehead atoms. The molecule has 19 heavy (non-hydrogen) atoms. The van der Waals surface area contributed by atoms with Gasteiger partial charge in [0.15, 0.2) is 0 Å². The Morgan fingerprint density at radius 2 is 1.53 bits per heavy atom. The lowest BCUT2D eigenvalue weighted by Crippen LogP contribution is -2.09. The second kappa shape index (κ2) is 7.82. The molecule has 1 atom stereocenters. The van der Waals surface area contributed by atoms with Crippen molar-refractivity contribution in [1.82, 2.24) is 0 Å². The Bertz CT molecular complexity index is 470. The summed E-state index contributed by atoms with van der Waals surface area (Å²) in [6.07, 6.45) is 2.11. The van der Waals surface area contributed by atoms with Crippen molar-refractivity contribution in [3.8, 4) is 11.5 Å². The quantitative estimate of drug-likeness (QED) is 0.860. The lowest BCUT2D eigenvalue weighted by molar-refractivity contribution is 0.482. The molecular weight excluding hydrogens is 258 g/mol. The van der Waals surface area contributed by atoms with E-state index in [2.05, 4.69) is 6.92 Å². The third-order valence-corrected chi connectivity index (χ3v) is 2.89. The van der Waals surface area contributed by atoms with Gasteiger partial charge in [0.25, 0.3) is 0 Å². The van der Waals surface area contributed by atoms with Gasteiger partial charge in [0.05, 0.1) is 0 Å². The standard InChI is InChI=1S/C16H19NO.ClH/c1-2-6-16(17)13-9-11-15(12-10-13)18-14-7-4-3-5-8-14;/h3-5,7-12,16H,2,6,17H2,1H3;1H/t16-;/m1./s1. The molecule has 0 aliphatic rings. The van der Waals surface area contributed by atoms with Crippen LogP contribution in [0.1, 0.15) is 31.4 Å². The van der Waals surface area contributed by atoms with Crippen molar-refractivity contribution in [3.05, 3.63) is 60.2 Å². The molecule has 0 radical (unpaired) electrons. The molecule has 0 saturated carbocycles. The van der Waals surface area contributed by atoms with Crippen LogP contribution in [0.15, 0.2) is 54.6 Å². The highest BCUT2D eigenvalue weighted by atomic mass is 35.5. The summed E-state index contributed by atoms with van der Waals surface area (Å²) < 4.78 is 5.73. The highest BCUT2D eigenvalue weighted by molar-refractivity contribution is 5.85. The fraction of sp³-hybridized carbons (Fsp3) is 0.250. The van der Waals surface area contributed by atoms with Crippen LogP contribution in [-0.4, -0.2) is 0 Å². The Hall–Kier alpha value is -1.51. The van der Waals surface area contributed by atoms with Gasteiger partial charge in [0.1, 0.15) is 11.5 Å². The summed E-state index contributed by atoms with van der Waals surface area (Å²) in [5.74, 6) is 1.69. The van der Waals surface area contributed by atoms with Gasteiger partial charge in [-0.3, -0.25) is 0 Å². The molecule has 2 N–H and O–H groups in total. The van der Waals surface area contributed by atoms with Crippen LogP contribution in [0.25, 0.3) is 0 Å². The van der Waals surface area contributed by atoms with Crippen LogP contribution < -0.4 is 10.5 Å². The van der Waals surface area contributed by atoms with Crippen LogP contribution in [0.5, 0.6) is 11.5 Å². The van der Waals surface area contributed by atoms with Crippen molar-refractivity contribution >= 4 is 12.4 Å². The SMILES string of the molecule is CCC[C@@H](N)c1ccc(Oc2ccccc2)cc1.Cl. The van der Waals surface area contributed by atoms with E-state index in [1.165, 1.54) is 0 Å². The summed E-state index contributed by atoms with van der Waals surface area (Å²) in [5.41, 5.74) is 7.23. The first-order chi connectivity index (χ1) is 8.79. The van der Waals surface area contributed by atoms with E-state index in [0.29, 0.717) is 0 Å². The fourth-order valence-electron chi connectivity index (χ4n) is 1.89. The van der Waals surface area contributed by atoms with Gasteiger partial charge in [-0.2, -0.15) is 0 Å². The zero-order chi connectivity index (χ0) is 12.8. The molecule has 2 rings (SSSR count). The molecule has 0 fully saturated rings. The molecule has 0 saturated heterocycles. The molecule has 0 unspecified atom stereocenters. The number of benzene rings is 2. The highest BCUT2D eigenvalue weighted by Crippen LogP contribution is 2.23. The molecule has 0 aliphatic heterocycles. The van der Waals surface area contributed by atoms with Gasteiger partial charge >= 0.3 is 0 Å². The maximum Gasteiger partial charge on any atom is 0.127 e. The van der Waals surface area contributed by atoms with Crippen molar-refractivity contribution in [2.75, 3.05) is 0 Å². The highest BCUT2D eigenvalue weighted by Gasteiger charge is 2.04. The molecular formula is C16H20ClNO. The van der Waals surface area contributed by atoms with Gasteiger partial charge in [0, 0.05) is 6.04 Å². The van der Waals surface area contributed by atoms with Crippen LogP contribution in [0.2, 0.25) is 0 Å². The van der Waals surface area contributed by atoms with Gasteiger partial charge in [-0.15, -0.1) is 12.4 Å². The minimum atomic E-state index is 0. The molecule has 0 heterocycles. The minimum absolute atomic E-state index is 0.